The Morgan fingerprint density at radius 1 is 1.40 bits per heavy atom. The predicted molar refractivity (Wildman–Crippen MR) is 75.2 cm³/mol. The van der Waals surface area contributed by atoms with Crippen LogP contribution in [0.1, 0.15) is 12.0 Å². The first-order chi connectivity index (χ1) is 9.55. The van der Waals surface area contributed by atoms with Gasteiger partial charge in [-0.1, -0.05) is 35.5 Å². The molecule has 1 heterocycles. The fraction of sp³-hybridized carbons (Fsp3) is 0.385. The number of hydrogen-bond acceptors (Lipinski definition) is 5. The van der Waals surface area contributed by atoms with E-state index in [-0.39, 0.29) is 30.1 Å². The first-order valence-corrected chi connectivity index (χ1v) is 8.07. The number of hydrogen-bond donors (Lipinski definition) is 1. The first kappa shape index (κ1) is 14.5. The normalized spacial score (nSPS) is 20.9. The Kier molecular flexibility index (Phi) is 4.73. The molecule has 1 aliphatic heterocycles. The minimum Gasteiger partial charge on any atom is -0.386 e. The summed E-state index contributed by atoms with van der Waals surface area (Å²) in [6.45, 7) is -0.222. The predicted octanol–water partition coefficient (Wildman–Crippen LogP) is 0.340. The second-order valence-electron chi connectivity index (χ2n) is 4.59. The summed E-state index contributed by atoms with van der Waals surface area (Å²) in [6.07, 6.45) is 1.97. The summed E-state index contributed by atoms with van der Waals surface area (Å²) >= 11 is 0. The molecule has 108 valence electrons. The lowest BCUT2D eigenvalue weighted by Gasteiger charge is -2.09. The van der Waals surface area contributed by atoms with E-state index in [1.807, 2.05) is 30.3 Å². The van der Waals surface area contributed by atoms with E-state index in [4.69, 9.17) is 4.84 Å². The van der Waals surface area contributed by atoms with Crippen molar-refractivity contribution in [2.75, 3.05) is 18.1 Å². The lowest BCUT2D eigenvalue weighted by atomic mass is 10.2. The molecule has 6 nitrogen and oxygen atoms in total. The summed E-state index contributed by atoms with van der Waals surface area (Å²) in [4.78, 5) is 16.4. The highest BCUT2D eigenvalue weighted by Gasteiger charge is 2.28. The van der Waals surface area contributed by atoms with Crippen molar-refractivity contribution in [1.29, 1.82) is 0 Å². The smallest absolute Gasteiger partial charge is 0.261 e. The number of sulfone groups is 1. The van der Waals surface area contributed by atoms with Gasteiger partial charge in [-0.25, -0.2) is 8.42 Å². The maximum absolute atomic E-state index is 11.5. The van der Waals surface area contributed by atoms with Crippen LogP contribution in [0.5, 0.6) is 0 Å². The molecule has 2 rings (SSSR count). The summed E-state index contributed by atoms with van der Waals surface area (Å²) in [5, 5.41) is 6.30. The zero-order valence-electron chi connectivity index (χ0n) is 10.9. The third-order valence-corrected chi connectivity index (χ3v) is 4.64. The van der Waals surface area contributed by atoms with Gasteiger partial charge in [0.2, 0.25) is 0 Å². The van der Waals surface area contributed by atoms with Gasteiger partial charge in [0, 0.05) is 6.04 Å². The van der Waals surface area contributed by atoms with Crippen molar-refractivity contribution in [1.82, 2.24) is 5.32 Å². The van der Waals surface area contributed by atoms with Gasteiger partial charge in [-0.05, 0) is 12.0 Å². The van der Waals surface area contributed by atoms with Gasteiger partial charge in [-0.15, -0.1) is 0 Å². The summed E-state index contributed by atoms with van der Waals surface area (Å²) in [6, 6.07) is 9.03. The Labute approximate surface area is 117 Å². The quantitative estimate of drug-likeness (QED) is 0.627. The van der Waals surface area contributed by atoms with E-state index < -0.39 is 9.84 Å². The minimum atomic E-state index is -2.99. The number of nitrogens with one attached hydrogen (secondary N) is 1. The number of carbonyl (C=O) groups is 1. The fourth-order valence-electron chi connectivity index (χ4n) is 1.91. The molecule has 1 amide bonds. The molecule has 1 fully saturated rings. The first-order valence-electron chi connectivity index (χ1n) is 6.25. The minimum absolute atomic E-state index is 0.00598. The van der Waals surface area contributed by atoms with Crippen molar-refractivity contribution in [2.45, 2.75) is 12.5 Å². The number of benzene rings is 1. The van der Waals surface area contributed by atoms with E-state index in [1.54, 1.807) is 0 Å². The number of carbonyl (C=O) groups excluding carboxylic acids is 1. The van der Waals surface area contributed by atoms with Gasteiger partial charge in [0.1, 0.15) is 0 Å². The molecule has 0 radical (unpaired) electrons. The van der Waals surface area contributed by atoms with Gasteiger partial charge in [-0.2, -0.15) is 0 Å². The third-order valence-electron chi connectivity index (χ3n) is 2.87. The van der Waals surface area contributed by atoms with Gasteiger partial charge >= 0.3 is 0 Å². The molecule has 7 heteroatoms. The Morgan fingerprint density at radius 3 is 2.80 bits per heavy atom. The topological polar surface area (TPSA) is 84.8 Å². The van der Waals surface area contributed by atoms with E-state index in [2.05, 4.69) is 10.5 Å². The van der Waals surface area contributed by atoms with E-state index in [0.717, 1.165) is 5.56 Å². The molecular formula is C13H16N2O4S. The van der Waals surface area contributed by atoms with Crippen LogP contribution in [0.25, 0.3) is 0 Å². The molecule has 0 unspecified atom stereocenters. The number of oxime groups is 1. The largest absolute Gasteiger partial charge is 0.386 e. The SMILES string of the molecule is O=C(CO/N=C\c1ccccc1)N[C@@H]1CCS(=O)(=O)C1. The zero-order chi connectivity index (χ0) is 14.4. The van der Waals surface area contributed by atoms with Crippen LogP contribution in [-0.2, 0) is 19.5 Å². The molecule has 0 aromatic heterocycles. The van der Waals surface area contributed by atoms with E-state index in [9.17, 15) is 13.2 Å². The number of rotatable bonds is 5. The number of nitrogens with zero attached hydrogens (tertiary/aromatic N) is 1. The molecule has 1 N–H and O–H groups in total. The van der Waals surface area contributed by atoms with Gasteiger partial charge in [-0.3, -0.25) is 4.79 Å². The van der Waals surface area contributed by atoms with Crippen LogP contribution in [0.2, 0.25) is 0 Å². The molecule has 0 saturated carbocycles. The van der Waals surface area contributed by atoms with Crippen molar-refractivity contribution in [2.24, 2.45) is 5.16 Å². The molecule has 1 aliphatic rings. The highest BCUT2D eigenvalue weighted by Crippen LogP contribution is 2.10. The Hall–Kier alpha value is -1.89. The lowest BCUT2D eigenvalue weighted by Crippen LogP contribution is -2.37. The second-order valence-corrected chi connectivity index (χ2v) is 6.81. The maximum atomic E-state index is 11.5. The van der Waals surface area contributed by atoms with Crippen LogP contribution in [0.15, 0.2) is 35.5 Å². The van der Waals surface area contributed by atoms with Crippen LogP contribution >= 0.6 is 0 Å². The third kappa shape index (κ3) is 4.65. The maximum Gasteiger partial charge on any atom is 0.261 e. The summed E-state index contributed by atoms with van der Waals surface area (Å²) in [5.74, 6) is -0.228. The standard InChI is InChI=1S/C13H16N2O4S/c16-13(15-12-6-7-20(17,18)10-12)9-19-14-8-11-4-2-1-3-5-11/h1-5,8,12H,6-7,9-10H2,(H,15,16)/b14-8-/t12-/m1/s1. The lowest BCUT2D eigenvalue weighted by molar-refractivity contribution is -0.126. The van der Waals surface area contributed by atoms with Gasteiger partial charge < -0.3 is 10.2 Å². The molecule has 0 aliphatic carbocycles. The molecule has 20 heavy (non-hydrogen) atoms. The van der Waals surface area contributed by atoms with Crippen LogP contribution in [0.4, 0.5) is 0 Å². The average Bonchev–Trinajstić information content (AvgIpc) is 2.75. The highest BCUT2D eigenvalue weighted by molar-refractivity contribution is 7.91. The Bertz CT molecular complexity index is 584. The highest BCUT2D eigenvalue weighted by atomic mass is 32.2. The summed E-state index contributed by atoms with van der Waals surface area (Å²) < 4.78 is 22.5. The van der Waals surface area contributed by atoms with Crippen LogP contribution < -0.4 is 5.32 Å². The van der Waals surface area contributed by atoms with Crippen molar-refractivity contribution < 1.29 is 18.0 Å². The van der Waals surface area contributed by atoms with Crippen LogP contribution in [-0.4, -0.2) is 44.7 Å². The Morgan fingerprint density at radius 2 is 2.15 bits per heavy atom. The van der Waals surface area contributed by atoms with Gasteiger partial charge in [0.15, 0.2) is 16.4 Å². The second kappa shape index (κ2) is 6.51. The molecule has 0 spiro atoms. The molecule has 0 bridgehead atoms. The van der Waals surface area contributed by atoms with Gasteiger partial charge in [0.05, 0.1) is 17.7 Å². The molecular weight excluding hydrogens is 280 g/mol. The zero-order valence-corrected chi connectivity index (χ0v) is 11.7. The van der Waals surface area contributed by atoms with Gasteiger partial charge in [0.25, 0.3) is 5.91 Å². The molecule has 1 saturated heterocycles. The fourth-order valence-corrected chi connectivity index (χ4v) is 3.58. The summed E-state index contributed by atoms with van der Waals surface area (Å²) in [7, 11) is -2.99. The van der Waals surface area contributed by atoms with E-state index >= 15 is 0 Å². The van der Waals surface area contributed by atoms with Crippen molar-refractivity contribution in [3.8, 4) is 0 Å². The Balaban J connectivity index is 1.70. The average molecular weight is 296 g/mol. The van der Waals surface area contributed by atoms with Crippen LogP contribution in [0, 0.1) is 0 Å². The van der Waals surface area contributed by atoms with E-state index in [0.29, 0.717) is 6.42 Å². The van der Waals surface area contributed by atoms with E-state index in [1.165, 1.54) is 6.21 Å². The molecule has 1 aromatic rings. The van der Waals surface area contributed by atoms with Crippen molar-refractivity contribution in [3.63, 3.8) is 0 Å². The number of amides is 1. The van der Waals surface area contributed by atoms with Crippen molar-refractivity contribution >= 4 is 22.0 Å². The molecule has 1 atom stereocenters. The summed E-state index contributed by atoms with van der Waals surface area (Å²) in [5.41, 5.74) is 0.870. The molecule has 1 aromatic carbocycles. The monoisotopic (exact) mass is 296 g/mol. The van der Waals surface area contributed by atoms with Crippen molar-refractivity contribution in [3.05, 3.63) is 35.9 Å². The van der Waals surface area contributed by atoms with Crippen LogP contribution in [0.3, 0.4) is 0 Å².